The van der Waals surface area contributed by atoms with Crippen LogP contribution in [0.3, 0.4) is 0 Å². The van der Waals surface area contributed by atoms with Crippen LogP contribution in [-0.4, -0.2) is 21.9 Å². The highest BCUT2D eigenvalue weighted by atomic mass is 32.2. The van der Waals surface area contributed by atoms with Crippen molar-refractivity contribution >= 4 is 51.7 Å². The van der Waals surface area contributed by atoms with E-state index in [9.17, 15) is 14.9 Å². The van der Waals surface area contributed by atoms with Crippen LogP contribution >= 0.6 is 24.0 Å². The fourth-order valence-electron chi connectivity index (χ4n) is 3.46. The number of thioether (sulfide) groups is 1. The molecule has 8 nitrogen and oxygen atoms in total. The summed E-state index contributed by atoms with van der Waals surface area (Å²) in [6, 6.07) is 18.8. The van der Waals surface area contributed by atoms with E-state index in [1.54, 1.807) is 42.5 Å². The number of nitro groups is 1. The Morgan fingerprint density at radius 1 is 1.09 bits per heavy atom. The molecule has 0 bridgehead atoms. The van der Waals surface area contributed by atoms with Gasteiger partial charge in [0.1, 0.15) is 12.4 Å². The van der Waals surface area contributed by atoms with E-state index in [0.717, 1.165) is 11.1 Å². The SMILES string of the molecule is O=C1/C(=C/c2ccccc2OCc2ccc([N+](=O)[O-])cc2)SC(=S)N1c1ccc2c(c1)OCO2. The van der Waals surface area contributed by atoms with Gasteiger partial charge in [0.2, 0.25) is 6.79 Å². The third kappa shape index (κ3) is 4.33. The summed E-state index contributed by atoms with van der Waals surface area (Å²) < 4.78 is 17.1. The largest absolute Gasteiger partial charge is 0.488 e. The van der Waals surface area contributed by atoms with Crippen LogP contribution < -0.4 is 19.1 Å². The van der Waals surface area contributed by atoms with Crippen LogP contribution in [0.2, 0.25) is 0 Å². The number of fused-ring (bicyclic) bond motifs is 1. The minimum atomic E-state index is -0.445. The molecule has 0 spiro atoms. The highest BCUT2D eigenvalue weighted by molar-refractivity contribution is 8.27. The molecule has 3 aromatic rings. The third-order valence-electron chi connectivity index (χ3n) is 5.16. The number of rotatable bonds is 6. The molecule has 0 unspecified atom stereocenters. The Labute approximate surface area is 203 Å². The summed E-state index contributed by atoms with van der Waals surface area (Å²) in [6.07, 6.45) is 1.75. The van der Waals surface area contributed by atoms with Crippen LogP contribution in [0.25, 0.3) is 6.08 Å². The second-order valence-corrected chi connectivity index (χ2v) is 8.98. The molecule has 3 aromatic carbocycles. The van der Waals surface area contributed by atoms with Gasteiger partial charge in [0, 0.05) is 23.8 Å². The predicted molar refractivity (Wildman–Crippen MR) is 132 cm³/mol. The van der Waals surface area contributed by atoms with Crippen molar-refractivity contribution in [1.29, 1.82) is 0 Å². The number of nitrogens with zero attached hydrogens (tertiary/aromatic N) is 2. The number of hydrogen-bond acceptors (Lipinski definition) is 8. The summed E-state index contributed by atoms with van der Waals surface area (Å²) in [5, 5.41) is 10.8. The van der Waals surface area contributed by atoms with E-state index in [4.69, 9.17) is 26.4 Å². The molecule has 2 aliphatic heterocycles. The minimum absolute atomic E-state index is 0.0219. The summed E-state index contributed by atoms with van der Waals surface area (Å²) in [6.45, 7) is 0.370. The summed E-state index contributed by atoms with van der Waals surface area (Å²) in [4.78, 5) is 25.5. The molecule has 0 atom stereocenters. The van der Waals surface area contributed by atoms with E-state index in [1.807, 2.05) is 18.2 Å². The molecule has 1 fully saturated rings. The normalized spacial score (nSPS) is 15.8. The van der Waals surface area contributed by atoms with E-state index in [-0.39, 0.29) is 25.0 Å². The molecule has 5 rings (SSSR count). The number of para-hydroxylation sites is 1. The quantitative estimate of drug-likeness (QED) is 0.198. The van der Waals surface area contributed by atoms with Crippen LogP contribution in [0.1, 0.15) is 11.1 Å². The van der Waals surface area contributed by atoms with E-state index in [0.29, 0.717) is 32.2 Å². The molecule has 34 heavy (non-hydrogen) atoms. The lowest BCUT2D eigenvalue weighted by Gasteiger charge is -2.14. The smallest absolute Gasteiger partial charge is 0.270 e. The van der Waals surface area contributed by atoms with Crippen molar-refractivity contribution < 1.29 is 23.9 Å². The number of benzene rings is 3. The van der Waals surface area contributed by atoms with Gasteiger partial charge in [-0.15, -0.1) is 0 Å². The second kappa shape index (κ2) is 9.16. The first-order valence-corrected chi connectivity index (χ1v) is 11.3. The molecule has 1 amide bonds. The number of hydrogen-bond donors (Lipinski definition) is 0. The van der Waals surface area contributed by atoms with Crippen molar-refractivity contribution in [3.63, 3.8) is 0 Å². The average molecular weight is 493 g/mol. The Kier molecular flexibility index (Phi) is 5.91. The maximum atomic E-state index is 13.2. The van der Waals surface area contributed by atoms with Crippen molar-refractivity contribution in [3.05, 3.63) is 92.9 Å². The van der Waals surface area contributed by atoms with Gasteiger partial charge in [-0.1, -0.05) is 42.2 Å². The molecule has 2 heterocycles. The fraction of sp³-hybridized carbons (Fsp3) is 0.0833. The summed E-state index contributed by atoms with van der Waals surface area (Å²) in [7, 11) is 0. The minimum Gasteiger partial charge on any atom is -0.488 e. The molecule has 0 aliphatic carbocycles. The summed E-state index contributed by atoms with van der Waals surface area (Å²) in [5.74, 6) is 1.54. The zero-order valence-corrected chi connectivity index (χ0v) is 19.1. The van der Waals surface area contributed by atoms with Crippen molar-refractivity contribution in [3.8, 4) is 17.2 Å². The fourth-order valence-corrected chi connectivity index (χ4v) is 4.75. The lowest BCUT2D eigenvalue weighted by atomic mass is 10.1. The standard InChI is InChI=1S/C24H16N2O6S2/c27-23-22(34-24(33)25(23)18-9-10-20-21(12-18)32-14-31-20)11-16-3-1-2-4-19(16)30-13-15-5-7-17(8-6-15)26(28)29/h1-12H,13-14H2/b22-11-. The predicted octanol–water partition coefficient (Wildman–Crippen LogP) is 5.31. The Morgan fingerprint density at radius 3 is 2.65 bits per heavy atom. The topological polar surface area (TPSA) is 91.1 Å². The maximum absolute atomic E-state index is 13.2. The number of nitro benzene ring substituents is 1. The number of anilines is 1. The van der Waals surface area contributed by atoms with Gasteiger partial charge in [-0.05, 0) is 42.0 Å². The molecule has 1 saturated heterocycles. The molecule has 2 aliphatic rings. The van der Waals surface area contributed by atoms with Crippen molar-refractivity contribution in [2.45, 2.75) is 6.61 Å². The van der Waals surface area contributed by atoms with Crippen molar-refractivity contribution in [1.82, 2.24) is 0 Å². The van der Waals surface area contributed by atoms with Crippen LogP contribution in [0.4, 0.5) is 11.4 Å². The zero-order valence-electron chi connectivity index (χ0n) is 17.5. The van der Waals surface area contributed by atoms with Gasteiger partial charge < -0.3 is 14.2 Å². The molecule has 170 valence electrons. The molecular formula is C24H16N2O6S2. The lowest BCUT2D eigenvalue weighted by molar-refractivity contribution is -0.384. The van der Waals surface area contributed by atoms with Gasteiger partial charge in [0.05, 0.1) is 15.5 Å². The van der Waals surface area contributed by atoms with Crippen LogP contribution in [0.5, 0.6) is 17.2 Å². The third-order valence-corrected chi connectivity index (χ3v) is 6.46. The number of amides is 1. The molecular weight excluding hydrogens is 476 g/mol. The van der Waals surface area contributed by atoms with E-state index < -0.39 is 4.92 Å². The zero-order chi connectivity index (χ0) is 23.7. The van der Waals surface area contributed by atoms with E-state index in [1.165, 1.54) is 28.8 Å². The second-order valence-electron chi connectivity index (χ2n) is 7.30. The highest BCUT2D eigenvalue weighted by Crippen LogP contribution is 2.41. The van der Waals surface area contributed by atoms with Crippen LogP contribution in [0, 0.1) is 10.1 Å². The Balaban J connectivity index is 1.35. The Morgan fingerprint density at radius 2 is 1.85 bits per heavy atom. The first-order valence-electron chi connectivity index (χ1n) is 10.1. The Bertz CT molecular complexity index is 1340. The molecule has 0 aromatic heterocycles. The van der Waals surface area contributed by atoms with Gasteiger partial charge in [-0.25, -0.2) is 0 Å². The van der Waals surface area contributed by atoms with Gasteiger partial charge >= 0.3 is 0 Å². The molecule has 0 saturated carbocycles. The van der Waals surface area contributed by atoms with Crippen LogP contribution in [0.15, 0.2) is 71.6 Å². The number of thiocarbonyl (C=S) groups is 1. The number of ether oxygens (including phenoxy) is 3. The summed E-state index contributed by atoms with van der Waals surface area (Å²) >= 11 is 6.68. The van der Waals surface area contributed by atoms with E-state index in [2.05, 4.69) is 0 Å². The van der Waals surface area contributed by atoms with Gasteiger partial charge in [0.25, 0.3) is 11.6 Å². The van der Waals surface area contributed by atoms with Gasteiger partial charge in [-0.3, -0.25) is 19.8 Å². The number of carbonyl (C=O) groups excluding carboxylic acids is 1. The average Bonchev–Trinajstić information content (AvgIpc) is 3.42. The molecule has 0 radical (unpaired) electrons. The first kappa shape index (κ1) is 21.9. The first-order chi connectivity index (χ1) is 16.5. The number of non-ortho nitro benzene ring substituents is 1. The number of carbonyl (C=O) groups is 1. The van der Waals surface area contributed by atoms with Crippen molar-refractivity contribution in [2.75, 3.05) is 11.7 Å². The van der Waals surface area contributed by atoms with Crippen LogP contribution in [-0.2, 0) is 11.4 Å². The highest BCUT2D eigenvalue weighted by Gasteiger charge is 2.34. The molecule has 0 N–H and O–H groups in total. The van der Waals surface area contributed by atoms with Gasteiger partial charge in [0.15, 0.2) is 15.8 Å². The lowest BCUT2D eigenvalue weighted by Crippen LogP contribution is -2.27. The monoisotopic (exact) mass is 492 g/mol. The van der Waals surface area contributed by atoms with E-state index >= 15 is 0 Å². The summed E-state index contributed by atoms with van der Waals surface area (Å²) in [5.41, 5.74) is 2.14. The maximum Gasteiger partial charge on any atom is 0.270 e. The van der Waals surface area contributed by atoms with Gasteiger partial charge in [-0.2, -0.15) is 0 Å². The Hall–Kier alpha value is -3.89. The van der Waals surface area contributed by atoms with Crippen molar-refractivity contribution in [2.24, 2.45) is 0 Å². The molecule has 10 heteroatoms.